The summed E-state index contributed by atoms with van der Waals surface area (Å²) in [6, 6.07) is 5.02. The second-order valence-corrected chi connectivity index (χ2v) is 5.49. The Kier molecular flexibility index (Phi) is 3.65. The molecule has 1 aromatic rings. The maximum Gasteiger partial charge on any atom is 0.251 e. The highest BCUT2D eigenvalue weighted by Crippen LogP contribution is 2.26. The van der Waals surface area contributed by atoms with E-state index >= 15 is 0 Å². The highest BCUT2D eigenvalue weighted by Gasteiger charge is 2.40. The van der Waals surface area contributed by atoms with Gasteiger partial charge in [0.2, 0.25) is 5.91 Å². The van der Waals surface area contributed by atoms with E-state index in [0.29, 0.717) is 24.3 Å². The number of rotatable bonds is 4. The van der Waals surface area contributed by atoms with Gasteiger partial charge in [-0.25, -0.2) is 0 Å². The summed E-state index contributed by atoms with van der Waals surface area (Å²) in [4.78, 5) is 23.6. The van der Waals surface area contributed by atoms with E-state index in [1.165, 1.54) is 0 Å². The van der Waals surface area contributed by atoms with E-state index in [1.807, 2.05) is 13.0 Å². The summed E-state index contributed by atoms with van der Waals surface area (Å²) in [5.41, 5.74) is 8.08. The van der Waals surface area contributed by atoms with E-state index in [2.05, 4.69) is 10.6 Å². The predicted molar refractivity (Wildman–Crippen MR) is 78.0 cm³/mol. The first kappa shape index (κ1) is 14.0. The number of anilines is 1. The highest BCUT2D eigenvalue weighted by atomic mass is 16.5. The fourth-order valence-electron chi connectivity index (χ4n) is 2.82. The molecular formula is C15H19N3O3. The van der Waals surface area contributed by atoms with Gasteiger partial charge in [-0.05, 0) is 31.0 Å². The maximum atomic E-state index is 12.3. The topological polar surface area (TPSA) is 93.4 Å². The summed E-state index contributed by atoms with van der Waals surface area (Å²) in [5, 5.41) is 5.66. The van der Waals surface area contributed by atoms with Crippen LogP contribution >= 0.6 is 0 Å². The zero-order valence-electron chi connectivity index (χ0n) is 11.9. The average molecular weight is 289 g/mol. The number of amides is 2. The molecule has 6 heteroatoms. The monoisotopic (exact) mass is 289 g/mol. The van der Waals surface area contributed by atoms with Crippen molar-refractivity contribution >= 4 is 17.5 Å². The first-order chi connectivity index (χ1) is 10.1. The van der Waals surface area contributed by atoms with Gasteiger partial charge < -0.3 is 21.1 Å². The van der Waals surface area contributed by atoms with Crippen molar-refractivity contribution in [3.8, 4) is 0 Å². The van der Waals surface area contributed by atoms with Gasteiger partial charge in [0.25, 0.3) is 5.91 Å². The van der Waals surface area contributed by atoms with Crippen LogP contribution in [0.2, 0.25) is 0 Å². The molecule has 112 valence electrons. The average Bonchev–Trinajstić information content (AvgIpc) is 2.83. The van der Waals surface area contributed by atoms with Gasteiger partial charge >= 0.3 is 0 Å². The third-order valence-corrected chi connectivity index (χ3v) is 4.04. The number of hydrogen-bond donors (Lipinski definition) is 3. The minimum absolute atomic E-state index is 0.0110. The third-order valence-electron chi connectivity index (χ3n) is 4.04. The smallest absolute Gasteiger partial charge is 0.251 e. The molecule has 0 aromatic heterocycles. The zero-order valence-corrected chi connectivity index (χ0v) is 11.9. The fraction of sp³-hybridized carbons (Fsp3) is 0.467. The Morgan fingerprint density at radius 1 is 1.52 bits per heavy atom. The molecule has 1 aliphatic heterocycles. The third kappa shape index (κ3) is 2.64. The van der Waals surface area contributed by atoms with Crippen molar-refractivity contribution in [2.75, 3.05) is 11.9 Å². The molecule has 3 unspecified atom stereocenters. The van der Waals surface area contributed by atoms with Crippen molar-refractivity contribution in [2.24, 2.45) is 5.73 Å². The Balaban J connectivity index is 1.69. The lowest BCUT2D eigenvalue weighted by Crippen LogP contribution is -2.64. The molecule has 0 radical (unpaired) electrons. The van der Waals surface area contributed by atoms with E-state index in [9.17, 15) is 9.59 Å². The van der Waals surface area contributed by atoms with Crippen LogP contribution in [-0.4, -0.2) is 36.6 Å². The second kappa shape index (κ2) is 5.46. The van der Waals surface area contributed by atoms with Gasteiger partial charge in [-0.15, -0.1) is 0 Å². The quantitative estimate of drug-likeness (QED) is 0.748. The molecule has 4 N–H and O–H groups in total. The minimum atomic E-state index is -0.191. The number of carbonyl (C=O) groups excluding carboxylic acids is 2. The molecule has 3 rings (SSSR count). The highest BCUT2D eigenvalue weighted by molar-refractivity contribution is 6.02. The molecule has 1 heterocycles. The SMILES string of the molecule is CCOC1CC(N)C1NC(=O)c1ccc2c(c1)NC(=O)C2. The largest absolute Gasteiger partial charge is 0.376 e. The van der Waals surface area contributed by atoms with E-state index in [1.54, 1.807) is 12.1 Å². The number of carbonyl (C=O) groups is 2. The molecular weight excluding hydrogens is 270 g/mol. The number of ether oxygens (including phenoxy) is 1. The van der Waals surface area contributed by atoms with Gasteiger partial charge in [0.1, 0.15) is 0 Å². The van der Waals surface area contributed by atoms with Crippen molar-refractivity contribution in [2.45, 2.75) is 38.0 Å². The van der Waals surface area contributed by atoms with Crippen molar-refractivity contribution in [1.29, 1.82) is 0 Å². The van der Waals surface area contributed by atoms with E-state index < -0.39 is 0 Å². The standard InChI is InChI=1S/C15H19N3O3/c1-2-21-12-7-10(16)14(12)18-15(20)9-4-3-8-6-13(19)17-11(8)5-9/h3-5,10,12,14H,2,6-7,16H2,1H3,(H,17,19)(H,18,20). The lowest BCUT2D eigenvalue weighted by Gasteiger charge is -2.42. The number of benzene rings is 1. The fourth-order valence-corrected chi connectivity index (χ4v) is 2.82. The van der Waals surface area contributed by atoms with Crippen LogP contribution < -0.4 is 16.4 Å². The van der Waals surface area contributed by atoms with E-state index in [0.717, 1.165) is 12.0 Å². The predicted octanol–water partition coefficient (Wildman–Crippen LogP) is 0.416. The van der Waals surface area contributed by atoms with E-state index in [-0.39, 0.29) is 30.0 Å². The van der Waals surface area contributed by atoms with E-state index in [4.69, 9.17) is 10.5 Å². The Morgan fingerprint density at radius 3 is 3.05 bits per heavy atom. The molecule has 0 spiro atoms. The van der Waals surface area contributed by atoms with Gasteiger partial charge in [0, 0.05) is 23.9 Å². The van der Waals surface area contributed by atoms with Crippen LogP contribution in [0, 0.1) is 0 Å². The Labute approximate surface area is 123 Å². The molecule has 0 bridgehead atoms. The molecule has 1 aromatic carbocycles. The van der Waals surface area contributed by atoms with Crippen LogP contribution in [0.5, 0.6) is 0 Å². The number of hydrogen-bond acceptors (Lipinski definition) is 4. The first-order valence-electron chi connectivity index (χ1n) is 7.19. The summed E-state index contributed by atoms with van der Waals surface area (Å²) < 4.78 is 5.53. The van der Waals surface area contributed by atoms with Gasteiger partial charge in [-0.2, -0.15) is 0 Å². The van der Waals surface area contributed by atoms with Crippen LogP contribution in [0.15, 0.2) is 18.2 Å². The summed E-state index contributed by atoms with van der Waals surface area (Å²) >= 11 is 0. The lowest BCUT2D eigenvalue weighted by atomic mass is 9.83. The first-order valence-corrected chi connectivity index (χ1v) is 7.19. The normalized spacial score (nSPS) is 26.8. The summed E-state index contributed by atoms with van der Waals surface area (Å²) in [6.07, 6.45) is 1.12. The summed E-state index contributed by atoms with van der Waals surface area (Å²) in [5.74, 6) is -0.233. The molecule has 1 fully saturated rings. The summed E-state index contributed by atoms with van der Waals surface area (Å²) in [7, 11) is 0. The second-order valence-electron chi connectivity index (χ2n) is 5.49. The van der Waals surface area contributed by atoms with Crippen molar-refractivity contribution < 1.29 is 14.3 Å². The summed E-state index contributed by atoms with van der Waals surface area (Å²) in [6.45, 7) is 2.53. The minimum Gasteiger partial charge on any atom is -0.376 e. The van der Waals surface area contributed by atoms with Crippen LogP contribution in [-0.2, 0) is 16.0 Å². The van der Waals surface area contributed by atoms with Crippen LogP contribution in [0.25, 0.3) is 0 Å². The molecule has 2 aliphatic rings. The molecule has 1 aliphatic carbocycles. The van der Waals surface area contributed by atoms with Gasteiger partial charge in [-0.1, -0.05) is 6.07 Å². The lowest BCUT2D eigenvalue weighted by molar-refractivity contribution is -0.115. The van der Waals surface area contributed by atoms with Gasteiger partial charge in [0.15, 0.2) is 0 Å². The number of nitrogens with two attached hydrogens (primary N) is 1. The molecule has 1 saturated carbocycles. The van der Waals surface area contributed by atoms with Gasteiger partial charge in [-0.3, -0.25) is 9.59 Å². The van der Waals surface area contributed by atoms with Crippen LogP contribution in [0.1, 0.15) is 29.3 Å². The molecule has 6 nitrogen and oxygen atoms in total. The van der Waals surface area contributed by atoms with Crippen molar-refractivity contribution in [1.82, 2.24) is 5.32 Å². The number of nitrogens with one attached hydrogen (secondary N) is 2. The molecule has 2 amide bonds. The van der Waals surface area contributed by atoms with Crippen LogP contribution in [0.3, 0.4) is 0 Å². The van der Waals surface area contributed by atoms with Crippen LogP contribution in [0.4, 0.5) is 5.69 Å². The Bertz CT molecular complexity index is 586. The zero-order chi connectivity index (χ0) is 15.0. The maximum absolute atomic E-state index is 12.3. The molecule has 0 saturated heterocycles. The Morgan fingerprint density at radius 2 is 2.33 bits per heavy atom. The van der Waals surface area contributed by atoms with Crippen molar-refractivity contribution in [3.63, 3.8) is 0 Å². The van der Waals surface area contributed by atoms with Crippen molar-refractivity contribution in [3.05, 3.63) is 29.3 Å². The molecule has 21 heavy (non-hydrogen) atoms. The van der Waals surface area contributed by atoms with Gasteiger partial charge in [0.05, 0.1) is 18.6 Å². The number of fused-ring (bicyclic) bond motifs is 1. The Hall–Kier alpha value is -1.92. The molecule has 3 atom stereocenters.